The van der Waals surface area contributed by atoms with Crippen LogP contribution < -0.4 is 5.73 Å². The van der Waals surface area contributed by atoms with Crippen LogP contribution in [0.1, 0.15) is 11.4 Å². The molecule has 0 unspecified atom stereocenters. The third-order valence-electron chi connectivity index (χ3n) is 3.08. The molecule has 4 nitrogen and oxygen atoms in total. The molecule has 3 aromatic rings. The lowest BCUT2D eigenvalue weighted by Gasteiger charge is -1.97. The molecule has 0 aliphatic carbocycles. The number of nitrogens with zero attached hydrogens (tertiary/aromatic N) is 2. The van der Waals surface area contributed by atoms with E-state index < -0.39 is 0 Å². The molecule has 0 radical (unpaired) electrons. The van der Waals surface area contributed by atoms with Crippen LogP contribution in [0.25, 0.3) is 11.5 Å². The highest BCUT2D eigenvalue weighted by atomic mass is 16.5. The Hall–Kier alpha value is -2.62. The van der Waals surface area contributed by atoms with Crippen molar-refractivity contribution in [2.24, 2.45) is 0 Å². The van der Waals surface area contributed by atoms with Crippen molar-refractivity contribution in [3.05, 3.63) is 66.0 Å². The molecule has 1 heterocycles. The first kappa shape index (κ1) is 12.4. The SMILES string of the molecule is Nc1cccc(-c2nc(CCc3ccccc3)no2)c1. The topological polar surface area (TPSA) is 64.9 Å². The molecule has 0 fully saturated rings. The standard InChI is InChI=1S/C16H15N3O/c17-14-8-4-7-13(11-14)16-18-15(19-20-16)10-9-12-5-2-1-3-6-12/h1-8,11H,9-10,17H2. The van der Waals surface area contributed by atoms with Crippen molar-refractivity contribution >= 4 is 5.69 Å². The van der Waals surface area contributed by atoms with Crippen LogP contribution in [-0.2, 0) is 12.8 Å². The molecule has 20 heavy (non-hydrogen) atoms. The van der Waals surface area contributed by atoms with Crippen molar-refractivity contribution < 1.29 is 4.52 Å². The number of aromatic nitrogens is 2. The Labute approximate surface area is 117 Å². The number of benzene rings is 2. The molecule has 0 atom stereocenters. The minimum Gasteiger partial charge on any atom is -0.399 e. The average molecular weight is 265 g/mol. The van der Waals surface area contributed by atoms with Crippen LogP contribution in [0.2, 0.25) is 0 Å². The van der Waals surface area contributed by atoms with E-state index in [9.17, 15) is 0 Å². The fourth-order valence-electron chi connectivity index (χ4n) is 2.05. The van der Waals surface area contributed by atoms with Gasteiger partial charge in [-0.25, -0.2) is 0 Å². The predicted octanol–water partition coefficient (Wildman–Crippen LogP) is 3.10. The minimum absolute atomic E-state index is 0.514. The van der Waals surface area contributed by atoms with Gasteiger partial charge in [-0.15, -0.1) is 0 Å². The third-order valence-corrected chi connectivity index (χ3v) is 3.08. The monoisotopic (exact) mass is 265 g/mol. The fraction of sp³-hybridized carbons (Fsp3) is 0.125. The van der Waals surface area contributed by atoms with Crippen LogP contribution in [-0.4, -0.2) is 10.1 Å². The highest BCUT2D eigenvalue weighted by Gasteiger charge is 2.08. The van der Waals surface area contributed by atoms with E-state index in [1.54, 1.807) is 0 Å². The van der Waals surface area contributed by atoms with E-state index in [1.165, 1.54) is 5.56 Å². The molecule has 0 amide bonds. The number of hydrogen-bond acceptors (Lipinski definition) is 4. The summed E-state index contributed by atoms with van der Waals surface area (Å²) >= 11 is 0. The minimum atomic E-state index is 0.514. The molecule has 0 aliphatic rings. The molecule has 1 aromatic heterocycles. The average Bonchev–Trinajstić information content (AvgIpc) is 2.95. The second-order valence-corrected chi connectivity index (χ2v) is 4.63. The zero-order valence-electron chi connectivity index (χ0n) is 11.0. The molecule has 0 saturated heterocycles. The zero-order chi connectivity index (χ0) is 13.8. The smallest absolute Gasteiger partial charge is 0.257 e. The van der Waals surface area contributed by atoms with Gasteiger partial charge < -0.3 is 10.3 Å². The molecular formula is C16H15N3O. The number of aryl methyl sites for hydroxylation is 2. The highest BCUT2D eigenvalue weighted by Crippen LogP contribution is 2.19. The van der Waals surface area contributed by atoms with Crippen LogP contribution in [0.3, 0.4) is 0 Å². The van der Waals surface area contributed by atoms with E-state index in [0.29, 0.717) is 17.4 Å². The molecular weight excluding hydrogens is 250 g/mol. The van der Waals surface area contributed by atoms with Crippen LogP contribution in [0, 0.1) is 0 Å². The van der Waals surface area contributed by atoms with Crippen LogP contribution in [0.5, 0.6) is 0 Å². The zero-order valence-corrected chi connectivity index (χ0v) is 11.0. The van der Waals surface area contributed by atoms with Crippen LogP contribution >= 0.6 is 0 Å². The molecule has 2 N–H and O–H groups in total. The number of anilines is 1. The van der Waals surface area contributed by atoms with E-state index in [-0.39, 0.29) is 0 Å². The van der Waals surface area contributed by atoms with Gasteiger partial charge in [0.15, 0.2) is 5.82 Å². The first-order valence-electron chi connectivity index (χ1n) is 6.54. The summed E-state index contributed by atoms with van der Waals surface area (Å²) in [6.07, 6.45) is 1.66. The van der Waals surface area contributed by atoms with E-state index in [0.717, 1.165) is 18.4 Å². The predicted molar refractivity (Wildman–Crippen MR) is 78.0 cm³/mol. The second-order valence-electron chi connectivity index (χ2n) is 4.63. The van der Waals surface area contributed by atoms with Crippen molar-refractivity contribution in [1.29, 1.82) is 0 Å². The summed E-state index contributed by atoms with van der Waals surface area (Å²) in [6.45, 7) is 0. The summed E-state index contributed by atoms with van der Waals surface area (Å²) in [6, 6.07) is 17.7. The lowest BCUT2D eigenvalue weighted by atomic mass is 10.1. The largest absolute Gasteiger partial charge is 0.399 e. The quantitative estimate of drug-likeness (QED) is 0.736. The van der Waals surface area contributed by atoms with Gasteiger partial charge in [0.2, 0.25) is 0 Å². The molecule has 0 bridgehead atoms. The third kappa shape index (κ3) is 2.85. The van der Waals surface area contributed by atoms with E-state index >= 15 is 0 Å². The molecule has 0 saturated carbocycles. The Morgan fingerprint density at radius 1 is 0.950 bits per heavy atom. The van der Waals surface area contributed by atoms with Crippen LogP contribution in [0.15, 0.2) is 59.1 Å². The van der Waals surface area contributed by atoms with Gasteiger partial charge in [-0.05, 0) is 30.2 Å². The Kier molecular flexibility index (Phi) is 3.46. The molecule has 3 rings (SSSR count). The number of rotatable bonds is 4. The van der Waals surface area contributed by atoms with Gasteiger partial charge in [-0.2, -0.15) is 4.98 Å². The maximum atomic E-state index is 5.75. The van der Waals surface area contributed by atoms with Gasteiger partial charge in [-0.1, -0.05) is 41.6 Å². The van der Waals surface area contributed by atoms with Gasteiger partial charge in [0.25, 0.3) is 5.89 Å². The highest BCUT2D eigenvalue weighted by molar-refractivity contribution is 5.59. The Bertz CT molecular complexity index is 692. The normalized spacial score (nSPS) is 10.6. The Balaban J connectivity index is 1.71. The Morgan fingerprint density at radius 2 is 1.80 bits per heavy atom. The molecule has 0 spiro atoms. The summed E-state index contributed by atoms with van der Waals surface area (Å²) in [4.78, 5) is 4.40. The lowest BCUT2D eigenvalue weighted by Crippen LogP contribution is -1.93. The first-order chi connectivity index (χ1) is 9.81. The number of nitrogen functional groups attached to an aromatic ring is 1. The van der Waals surface area contributed by atoms with Gasteiger partial charge >= 0.3 is 0 Å². The summed E-state index contributed by atoms with van der Waals surface area (Å²) in [5.41, 5.74) is 8.55. The van der Waals surface area contributed by atoms with Crippen molar-refractivity contribution in [1.82, 2.24) is 10.1 Å². The summed E-state index contributed by atoms with van der Waals surface area (Å²) in [5.74, 6) is 1.23. The summed E-state index contributed by atoms with van der Waals surface area (Å²) in [7, 11) is 0. The van der Waals surface area contributed by atoms with Gasteiger partial charge in [0.1, 0.15) is 0 Å². The summed E-state index contributed by atoms with van der Waals surface area (Å²) in [5, 5.41) is 4.01. The maximum absolute atomic E-state index is 5.75. The number of hydrogen-bond donors (Lipinski definition) is 1. The van der Waals surface area contributed by atoms with Gasteiger partial charge in [0.05, 0.1) is 0 Å². The van der Waals surface area contributed by atoms with Gasteiger partial charge in [-0.3, -0.25) is 0 Å². The Morgan fingerprint density at radius 3 is 2.60 bits per heavy atom. The molecule has 0 aliphatic heterocycles. The summed E-state index contributed by atoms with van der Waals surface area (Å²) < 4.78 is 5.28. The van der Waals surface area contributed by atoms with E-state index in [2.05, 4.69) is 22.3 Å². The molecule has 100 valence electrons. The van der Waals surface area contributed by atoms with Crippen molar-refractivity contribution in [3.63, 3.8) is 0 Å². The van der Waals surface area contributed by atoms with E-state index in [4.69, 9.17) is 10.3 Å². The van der Waals surface area contributed by atoms with Gasteiger partial charge in [0, 0.05) is 17.7 Å². The first-order valence-corrected chi connectivity index (χ1v) is 6.54. The lowest BCUT2D eigenvalue weighted by molar-refractivity contribution is 0.422. The molecule has 2 aromatic carbocycles. The van der Waals surface area contributed by atoms with Crippen molar-refractivity contribution in [3.8, 4) is 11.5 Å². The second kappa shape index (κ2) is 5.57. The number of nitrogens with two attached hydrogens (primary N) is 1. The maximum Gasteiger partial charge on any atom is 0.257 e. The van der Waals surface area contributed by atoms with E-state index in [1.807, 2.05) is 42.5 Å². The molecule has 4 heteroatoms. The van der Waals surface area contributed by atoms with Crippen LogP contribution in [0.4, 0.5) is 5.69 Å². The van der Waals surface area contributed by atoms with Crippen molar-refractivity contribution in [2.45, 2.75) is 12.8 Å². The van der Waals surface area contributed by atoms with Crippen molar-refractivity contribution in [2.75, 3.05) is 5.73 Å². The fourth-order valence-corrected chi connectivity index (χ4v) is 2.05.